The van der Waals surface area contributed by atoms with Gasteiger partial charge in [0.25, 0.3) is 5.91 Å². The van der Waals surface area contributed by atoms with Crippen molar-refractivity contribution in [2.24, 2.45) is 5.14 Å². The van der Waals surface area contributed by atoms with E-state index in [-0.39, 0.29) is 11.9 Å². The SMILES string of the molecule is COC(=O)CCCCCCCNC(=O)c1ccc(SN)cc1. The molecule has 5 nitrogen and oxygen atoms in total. The molecule has 0 atom stereocenters. The highest BCUT2D eigenvalue weighted by Gasteiger charge is 2.04. The summed E-state index contributed by atoms with van der Waals surface area (Å²) in [7, 11) is 1.41. The normalized spacial score (nSPS) is 10.3. The molecule has 0 bridgehead atoms. The van der Waals surface area contributed by atoms with E-state index in [4.69, 9.17) is 5.14 Å². The number of carbonyl (C=O) groups is 2. The number of hydrogen-bond donors (Lipinski definition) is 2. The molecule has 0 aliphatic carbocycles. The van der Waals surface area contributed by atoms with Crippen LogP contribution in [0.15, 0.2) is 29.2 Å². The van der Waals surface area contributed by atoms with Crippen LogP contribution in [0.5, 0.6) is 0 Å². The van der Waals surface area contributed by atoms with Gasteiger partial charge < -0.3 is 10.1 Å². The predicted molar refractivity (Wildman–Crippen MR) is 88.5 cm³/mol. The van der Waals surface area contributed by atoms with E-state index >= 15 is 0 Å². The van der Waals surface area contributed by atoms with Crippen LogP contribution in [0.25, 0.3) is 0 Å². The van der Waals surface area contributed by atoms with E-state index in [0.717, 1.165) is 48.9 Å². The van der Waals surface area contributed by atoms with Crippen molar-refractivity contribution in [2.75, 3.05) is 13.7 Å². The van der Waals surface area contributed by atoms with Gasteiger partial charge in [-0.1, -0.05) is 19.3 Å². The Morgan fingerprint density at radius 1 is 1.09 bits per heavy atom. The van der Waals surface area contributed by atoms with Gasteiger partial charge in [-0.2, -0.15) is 0 Å². The first kappa shape index (κ1) is 18.5. The molecule has 1 aromatic rings. The van der Waals surface area contributed by atoms with Gasteiger partial charge in [0.15, 0.2) is 0 Å². The summed E-state index contributed by atoms with van der Waals surface area (Å²) in [4.78, 5) is 23.7. The molecule has 0 radical (unpaired) electrons. The number of rotatable bonds is 10. The van der Waals surface area contributed by atoms with Crippen LogP contribution in [0.3, 0.4) is 0 Å². The lowest BCUT2D eigenvalue weighted by molar-refractivity contribution is -0.140. The zero-order valence-corrected chi connectivity index (χ0v) is 13.8. The number of unbranched alkanes of at least 4 members (excludes halogenated alkanes) is 4. The van der Waals surface area contributed by atoms with Crippen LogP contribution in [0.2, 0.25) is 0 Å². The van der Waals surface area contributed by atoms with Gasteiger partial charge in [0, 0.05) is 23.4 Å². The Bertz CT molecular complexity index is 463. The second-order valence-electron chi connectivity index (χ2n) is 4.99. The Hall–Kier alpha value is -1.53. The highest BCUT2D eigenvalue weighted by Crippen LogP contribution is 2.12. The topological polar surface area (TPSA) is 81.4 Å². The van der Waals surface area contributed by atoms with Gasteiger partial charge in [-0.05, 0) is 49.1 Å². The zero-order chi connectivity index (χ0) is 16.2. The fraction of sp³-hybridized carbons (Fsp3) is 0.500. The fourth-order valence-corrected chi connectivity index (χ4v) is 2.31. The molecule has 1 amide bonds. The third-order valence-electron chi connectivity index (χ3n) is 3.32. The van der Waals surface area contributed by atoms with E-state index < -0.39 is 0 Å². The van der Waals surface area contributed by atoms with E-state index in [0.29, 0.717) is 18.5 Å². The quantitative estimate of drug-likeness (QED) is 0.393. The average molecular weight is 324 g/mol. The second-order valence-corrected chi connectivity index (χ2v) is 5.70. The molecule has 0 aliphatic rings. The van der Waals surface area contributed by atoms with Gasteiger partial charge in [-0.25, -0.2) is 0 Å². The number of hydrogen-bond acceptors (Lipinski definition) is 5. The first-order chi connectivity index (χ1) is 10.7. The molecule has 0 saturated carbocycles. The number of carbonyl (C=O) groups excluding carboxylic acids is 2. The Labute approximate surface area is 136 Å². The number of ether oxygens (including phenoxy) is 1. The van der Waals surface area contributed by atoms with Crippen molar-refractivity contribution in [1.82, 2.24) is 5.32 Å². The lowest BCUT2D eigenvalue weighted by Crippen LogP contribution is -2.24. The number of nitrogens with one attached hydrogen (secondary N) is 1. The first-order valence-electron chi connectivity index (χ1n) is 7.49. The van der Waals surface area contributed by atoms with Gasteiger partial charge in [-0.3, -0.25) is 14.7 Å². The largest absolute Gasteiger partial charge is 0.469 e. The smallest absolute Gasteiger partial charge is 0.305 e. The lowest BCUT2D eigenvalue weighted by atomic mass is 10.1. The van der Waals surface area contributed by atoms with Crippen LogP contribution in [0.1, 0.15) is 48.9 Å². The summed E-state index contributed by atoms with van der Waals surface area (Å²) in [5.74, 6) is -0.203. The van der Waals surface area contributed by atoms with E-state index in [1.165, 1.54) is 7.11 Å². The van der Waals surface area contributed by atoms with Crippen molar-refractivity contribution >= 4 is 23.8 Å². The molecule has 0 spiro atoms. The van der Waals surface area contributed by atoms with Gasteiger partial charge in [0.1, 0.15) is 0 Å². The molecular formula is C16H24N2O3S. The maximum Gasteiger partial charge on any atom is 0.305 e. The van der Waals surface area contributed by atoms with Crippen LogP contribution >= 0.6 is 11.9 Å². The fourth-order valence-electron chi connectivity index (χ4n) is 2.02. The molecule has 0 heterocycles. The molecule has 0 fully saturated rings. The number of benzene rings is 1. The van der Waals surface area contributed by atoms with Gasteiger partial charge in [0.05, 0.1) is 7.11 Å². The van der Waals surface area contributed by atoms with Crippen LogP contribution in [0.4, 0.5) is 0 Å². The monoisotopic (exact) mass is 324 g/mol. The Kier molecular flexibility index (Phi) is 9.34. The van der Waals surface area contributed by atoms with Gasteiger partial charge >= 0.3 is 5.97 Å². The van der Waals surface area contributed by atoms with Crippen molar-refractivity contribution in [3.8, 4) is 0 Å². The third-order valence-corrected chi connectivity index (χ3v) is 3.87. The summed E-state index contributed by atoms with van der Waals surface area (Å²) >= 11 is 1.16. The minimum absolute atomic E-state index is 0.0562. The molecule has 0 saturated heterocycles. The summed E-state index contributed by atoms with van der Waals surface area (Å²) in [6.45, 7) is 0.670. The molecule has 1 aromatic carbocycles. The van der Waals surface area contributed by atoms with Gasteiger partial charge in [0.2, 0.25) is 0 Å². The Balaban J connectivity index is 2.06. The number of methoxy groups -OCH3 is 1. The Morgan fingerprint density at radius 2 is 1.73 bits per heavy atom. The van der Waals surface area contributed by atoms with Gasteiger partial charge in [-0.15, -0.1) is 0 Å². The highest BCUT2D eigenvalue weighted by molar-refractivity contribution is 7.97. The number of esters is 1. The maximum atomic E-state index is 11.9. The van der Waals surface area contributed by atoms with Crippen LogP contribution < -0.4 is 10.5 Å². The second kappa shape index (κ2) is 11.1. The lowest BCUT2D eigenvalue weighted by Gasteiger charge is -2.06. The molecule has 6 heteroatoms. The zero-order valence-electron chi connectivity index (χ0n) is 13.0. The molecule has 0 aliphatic heterocycles. The van der Waals surface area contributed by atoms with E-state index in [9.17, 15) is 9.59 Å². The number of amides is 1. The summed E-state index contributed by atoms with van der Waals surface area (Å²) in [5, 5.41) is 8.34. The number of nitrogens with two attached hydrogens (primary N) is 1. The molecule has 0 unspecified atom stereocenters. The van der Waals surface area contributed by atoms with E-state index in [1.807, 2.05) is 12.1 Å². The van der Waals surface area contributed by atoms with Crippen molar-refractivity contribution in [3.63, 3.8) is 0 Å². The molecule has 0 aromatic heterocycles. The standard InChI is InChI=1S/C16H24N2O3S/c1-21-15(19)7-5-3-2-4-6-12-18-16(20)13-8-10-14(22-17)11-9-13/h8-11H,2-7,12,17H2,1H3,(H,18,20). The van der Waals surface area contributed by atoms with E-state index in [1.54, 1.807) is 12.1 Å². The van der Waals surface area contributed by atoms with Crippen LogP contribution in [-0.2, 0) is 9.53 Å². The van der Waals surface area contributed by atoms with Crippen LogP contribution in [-0.4, -0.2) is 25.5 Å². The third kappa shape index (κ3) is 7.47. The highest BCUT2D eigenvalue weighted by atomic mass is 32.2. The maximum absolute atomic E-state index is 11.9. The molecule has 22 heavy (non-hydrogen) atoms. The first-order valence-corrected chi connectivity index (χ1v) is 8.37. The molecule has 3 N–H and O–H groups in total. The minimum atomic E-state index is -0.147. The Morgan fingerprint density at radius 3 is 2.36 bits per heavy atom. The molecule has 1 rings (SSSR count). The van der Waals surface area contributed by atoms with Crippen molar-refractivity contribution in [2.45, 2.75) is 43.4 Å². The van der Waals surface area contributed by atoms with Crippen molar-refractivity contribution in [1.29, 1.82) is 0 Å². The predicted octanol–water partition coefficient (Wildman–Crippen LogP) is 2.90. The van der Waals surface area contributed by atoms with Crippen molar-refractivity contribution < 1.29 is 14.3 Å². The minimum Gasteiger partial charge on any atom is -0.469 e. The summed E-state index contributed by atoms with van der Waals surface area (Å²) in [6.07, 6.45) is 5.43. The van der Waals surface area contributed by atoms with Crippen LogP contribution in [0, 0.1) is 0 Å². The molecular weight excluding hydrogens is 300 g/mol. The molecule has 122 valence electrons. The summed E-state index contributed by atoms with van der Waals surface area (Å²) < 4.78 is 4.58. The van der Waals surface area contributed by atoms with E-state index in [2.05, 4.69) is 10.1 Å². The summed E-state index contributed by atoms with van der Waals surface area (Å²) in [6, 6.07) is 7.22. The van der Waals surface area contributed by atoms with Crippen molar-refractivity contribution in [3.05, 3.63) is 29.8 Å². The average Bonchev–Trinajstić information content (AvgIpc) is 2.56. The summed E-state index contributed by atoms with van der Waals surface area (Å²) in [5.41, 5.74) is 0.649.